The molecule has 8 nitrogen and oxygen atoms in total. The van der Waals surface area contributed by atoms with Crippen LogP contribution in [0.25, 0.3) is 10.2 Å². The van der Waals surface area contributed by atoms with Gasteiger partial charge in [-0.25, -0.2) is 8.42 Å². The molecule has 0 radical (unpaired) electrons. The maximum Gasteiger partial charge on any atom is 0.308 e. The van der Waals surface area contributed by atoms with Gasteiger partial charge in [0.25, 0.3) is 5.91 Å². The lowest BCUT2D eigenvalue weighted by Gasteiger charge is -2.34. The molecule has 0 bridgehead atoms. The van der Waals surface area contributed by atoms with Crippen LogP contribution >= 0.6 is 22.9 Å². The number of anilines is 2. The minimum atomic E-state index is -3.66. The normalized spacial score (nSPS) is 16.3. The number of aromatic nitrogens is 1. The summed E-state index contributed by atoms with van der Waals surface area (Å²) < 4.78 is 33.9. The zero-order valence-corrected chi connectivity index (χ0v) is 19.3. The van der Waals surface area contributed by atoms with Crippen LogP contribution in [-0.2, 0) is 14.8 Å². The lowest BCUT2D eigenvalue weighted by atomic mass is 10.2. The number of halogens is 1. The summed E-state index contributed by atoms with van der Waals surface area (Å²) in [4.78, 5) is 25.1. The SMILES string of the molecule is CC(C)n1c(=O)sc2cc(NC(=O)[C@@H]3CN(S(C)(=O)=O)c4cc(Cl)ccc4O3)ccc21. The van der Waals surface area contributed by atoms with Crippen molar-refractivity contribution >= 4 is 60.5 Å². The maximum absolute atomic E-state index is 12.9. The smallest absolute Gasteiger partial charge is 0.308 e. The van der Waals surface area contributed by atoms with Crippen LogP contribution in [0.4, 0.5) is 11.4 Å². The first kappa shape index (κ1) is 21.7. The molecule has 31 heavy (non-hydrogen) atoms. The molecule has 1 N–H and O–H groups in total. The van der Waals surface area contributed by atoms with Gasteiger partial charge in [-0.2, -0.15) is 0 Å². The van der Waals surface area contributed by atoms with Crippen molar-refractivity contribution in [3.8, 4) is 5.75 Å². The van der Waals surface area contributed by atoms with Crippen molar-refractivity contribution in [1.82, 2.24) is 4.57 Å². The molecule has 0 unspecified atom stereocenters. The van der Waals surface area contributed by atoms with Crippen LogP contribution in [0.1, 0.15) is 19.9 Å². The Labute approximate surface area is 188 Å². The summed E-state index contributed by atoms with van der Waals surface area (Å²) in [7, 11) is -3.66. The lowest BCUT2D eigenvalue weighted by Crippen LogP contribution is -2.48. The number of sulfonamides is 1. The van der Waals surface area contributed by atoms with Crippen molar-refractivity contribution in [3.05, 3.63) is 51.1 Å². The van der Waals surface area contributed by atoms with Gasteiger partial charge in [-0.15, -0.1) is 0 Å². The van der Waals surface area contributed by atoms with E-state index in [1.165, 1.54) is 12.1 Å². The second-order valence-electron chi connectivity index (χ2n) is 7.52. The highest BCUT2D eigenvalue weighted by molar-refractivity contribution is 7.92. The van der Waals surface area contributed by atoms with Gasteiger partial charge in [-0.1, -0.05) is 22.9 Å². The third kappa shape index (κ3) is 4.15. The highest BCUT2D eigenvalue weighted by Gasteiger charge is 2.35. The average molecular weight is 482 g/mol. The zero-order chi connectivity index (χ0) is 22.5. The van der Waals surface area contributed by atoms with Crippen LogP contribution < -0.4 is 19.2 Å². The fourth-order valence-electron chi connectivity index (χ4n) is 3.50. The predicted octanol–water partition coefficient (Wildman–Crippen LogP) is 3.46. The molecule has 1 aromatic heterocycles. The molecule has 3 aromatic rings. The molecule has 0 saturated heterocycles. The number of thiazole rings is 1. The summed E-state index contributed by atoms with van der Waals surface area (Å²) >= 11 is 7.10. The Morgan fingerprint density at radius 1 is 1.26 bits per heavy atom. The average Bonchev–Trinajstić information content (AvgIpc) is 3.01. The van der Waals surface area contributed by atoms with E-state index in [4.69, 9.17) is 16.3 Å². The first-order chi connectivity index (χ1) is 14.5. The molecule has 4 rings (SSSR count). The first-order valence-corrected chi connectivity index (χ1v) is 12.5. The number of nitrogens with zero attached hydrogens (tertiary/aromatic N) is 2. The van der Waals surface area contributed by atoms with Gasteiger partial charge < -0.3 is 10.1 Å². The number of fused-ring (bicyclic) bond motifs is 2. The lowest BCUT2D eigenvalue weighted by molar-refractivity contribution is -0.122. The number of hydrogen-bond donors (Lipinski definition) is 1. The fourth-order valence-corrected chi connectivity index (χ4v) is 5.63. The van der Waals surface area contributed by atoms with Gasteiger partial charge in [-0.05, 0) is 50.2 Å². The number of nitrogens with one attached hydrogen (secondary N) is 1. The van der Waals surface area contributed by atoms with E-state index in [-0.39, 0.29) is 23.2 Å². The Balaban J connectivity index is 1.61. The molecule has 0 fully saturated rings. The van der Waals surface area contributed by atoms with Crippen molar-refractivity contribution in [1.29, 1.82) is 0 Å². The van der Waals surface area contributed by atoms with E-state index in [2.05, 4.69) is 5.32 Å². The summed E-state index contributed by atoms with van der Waals surface area (Å²) in [5.74, 6) is -0.242. The topological polar surface area (TPSA) is 97.7 Å². The maximum atomic E-state index is 12.9. The van der Waals surface area contributed by atoms with E-state index in [0.29, 0.717) is 16.4 Å². The van der Waals surface area contributed by atoms with E-state index in [0.717, 1.165) is 32.1 Å². The molecule has 0 spiro atoms. The van der Waals surface area contributed by atoms with Crippen molar-refractivity contribution < 1.29 is 17.9 Å². The number of hydrogen-bond acceptors (Lipinski definition) is 6. The Morgan fingerprint density at radius 3 is 2.68 bits per heavy atom. The Kier molecular flexibility index (Phi) is 5.48. The third-order valence-electron chi connectivity index (χ3n) is 4.88. The van der Waals surface area contributed by atoms with Crippen LogP contribution in [0.15, 0.2) is 41.2 Å². The predicted molar refractivity (Wildman–Crippen MR) is 123 cm³/mol. The van der Waals surface area contributed by atoms with Gasteiger partial charge in [0.2, 0.25) is 10.0 Å². The van der Waals surface area contributed by atoms with E-state index < -0.39 is 22.0 Å². The molecule has 11 heteroatoms. The van der Waals surface area contributed by atoms with Crippen LogP contribution in [0.2, 0.25) is 5.02 Å². The fraction of sp³-hybridized carbons (Fsp3) is 0.300. The third-order valence-corrected chi connectivity index (χ3v) is 7.18. The highest BCUT2D eigenvalue weighted by Crippen LogP contribution is 2.37. The molecule has 0 saturated carbocycles. The van der Waals surface area contributed by atoms with Gasteiger partial charge >= 0.3 is 4.87 Å². The van der Waals surface area contributed by atoms with Crippen LogP contribution in [-0.4, -0.2) is 37.8 Å². The van der Waals surface area contributed by atoms with Crippen molar-refractivity contribution in [3.63, 3.8) is 0 Å². The van der Waals surface area contributed by atoms with Crippen molar-refractivity contribution in [2.24, 2.45) is 0 Å². The molecular formula is C20H20ClN3O5S2. The molecule has 1 aliphatic heterocycles. The quantitative estimate of drug-likeness (QED) is 0.615. The largest absolute Gasteiger partial charge is 0.476 e. The van der Waals surface area contributed by atoms with Gasteiger partial charge in [0.1, 0.15) is 5.75 Å². The summed E-state index contributed by atoms with van der Waals surface area (Å²) in [6, 6.07) is 9.82. The van der Waals surface area contributed by atoms with E-state index >= 15 is 0 Å². The van der Waals surface area contributed by atoms with Gasteiger partial charge in [0, 0.05) is 16.8 Å². The van der Waals surface area contributed by atoms with Gasteiger partial charge in [0.05, 0.1) is 28.7 Å². The monoisotopic (exact) mass is 481 g/mol. The number of ether oxygens (including phenoxy) is 1. The number of carbonyl (C=O) groups is 1. The second kappa shape index (κ2) is 7.85. The first-order valence-electron chi connectivity index (χ1n) is 9.44. The number of amides is 1. The van der Waals surface area contributed by atoms with Crippen molar-refractivity contribution in [2.45, 2.75) is 26.0 Å². The molecular weight excluding hydrogens is 462 g/mol. The summed E-state index contributed by atoms with van der Waals surface area (Å²) in [5.41, 5.74) is 1.58. The molecule has 1 amide bonds. The van der Waals surface area contributed by atoms with Crippen LogP contribution in [0.3, 0.4) is 0 Å². The number of carbonyl (C=O) groups excluding carboxylic acids is 1. The van der Waals surface area contributed by atoms with E-state index in [1.54, 1.807) is 28.8 Å². The van der Waals surface area contributed by atoms with Gasteiger partial charge in [0.15, 0.2) is 6.10 Å². The Hall–Kier alpha value is -2.56. The van der Waals surface area contributed by atoms with E-state index in [9.17, 15) is 18.0 Å². The highest BCUT2D eigenvalue weighted by atomic mass is 35.5. The van der Waals surface area contributed by atoms with Gasteiger partial charge in [-0.3, -0.25) is 18.5 Å². The zero-order valence-electron chi connectivity index (χ0n) is 17.0. The van der Waals surface area contributed by atoms with Crippen LogP contribution in [0, 0.1) is 0 Å². The minimum Gasteiger partial charge on any atom is -0.476 e. The summed E-state index contributed by atoms with van der Waals surface area (Å²) in [6.07, 6.45) is 0.00536. The Bertz CT molecular complexity index is 1350. The summed E-state index contributed by atoms with van der Waals surface area (Å²) in [6.45, 7) is 3.68. The molecule has 2 heterocycles. The molecule has 2 aromatic carbocycles. The molecule has 0 aliphatic carbocycles. The molecule has 164 valence electrons. The minimum absolute atomic E-state index is 0.0212. The van der Waals surface area contributed by atoms with Crippen molar-refractivity contribution in [2.75, 3.05) is 22.4 Å². The standard InChI is InChI=1S/C20H20ClN3O5S2/c1-11(2)24-14-6-5-13(9-18(14)30-20(24)26)22-19(25)17-10-23(31(3,27)28)15-8-12(21)4-7-16(15)29-17/h4-9,11,17H,10H2,1-3H3,(H,22,25)/t17-/m0/s1. The molecule has 1 aliphatic rings. The summed E-state index contributed by atoms with van der Waals surface area (Å²) in [5, 5.41) is 3.12. The number of rotatable bonds is 4. The number of benzene rings is 2. The Morgan fingerprint density at radius 2 is 2.00 bits per heavy atom. The van der Waals surface area contributed by atoms with E-state index in [1.807, 2.05) is 13.8 Å². The second-order valence-corrected chi connectivity index (χ2v) is 10.9. The molecule has 1 atom stereocenters. The van der Waals surface area contributed by atoms with Crippen LogP contribution in [0.5, 0.6) is 5.75 Å².